The van der Waals surface area contributed by atoms with Gasteiger partial charge in [-0.1, -0.05) is 30.3 Å². The minimum absolute atomic E-state index is 0.259. The molecular weight excluding hydrogens is 294 g/mol. The van der Waals surface area contributed by atoms with E-state index in [0.29, 0.717) is 12.6 Å². The number of aliphatic hydroxyl groups is 1. The first kappa shape index (κ1) is 15.5. The van der Waals surface area contributed by atoms with Crippen LogP contribution in [0.4, 0.5) is 0 Å². The molecule has 4 rings (SSSR count). The third kappa shape index (κ3) is 2.92. The second kappa shape index (κ2) is 5.83. The molecule has 3 heterocycles. The molecule has 3 aliphatic heterocycles. The van der Waals surface area contributed by atoms with Gasteiger partial charge < -0.3 is 19.3 Å². The van der Waals surface area contributed by atoms with Crippen LogP contribution in [0.1, 0.15) is 38.3 Å². The van der Waals surface area contributed by atoms with Crippen LogP contribution >= 0.6 is 0 Å². The average molecular weight is 319 g/mol. The molecule has 0 amide bonds. The maximum Gasteiger partial charge on any atom is 0.190 e. The number of ether oxygens (including phenoxy) is 3. The van der Waals surface area contributed by atoms with Crippen LogP contribution in [-0.2, 0) is 14.2 Å². The highest BCUT2D eigenvalue weighted by atomic mass is 16.8. The van der Waals surface area contributed by atoms with Crippen LogP contribution in [0.3, 0.4) is 0 Å². The quantitative estimate of drug-likeness (QED) is 0.924. The molecule has 0 aromatic heterocycles. The van der Waals surface area contributed by atoms with Gasteiger partial charge in [0.05, 0.1) is 0 Å². The highest BCUT2D eigenvalue weighted by Crippen LogP contribution is 2.39. The van der Waals surface area contributed by atoms with E-state index in [1.165, 1.54) is 12.0 Å². The summed E-state index contributed by atoms with van der Waals surface area (Å²) in [5.41, 5.74) is 1.34. The Labute approximate surface area is 137 Å². The van der Waals surface area contributed by atoms with Crippen LogP contribution < -0.4 is 0 Å². The van der Waals surface area contributed by atoms with E-state index >= 15 is 0 Å². The molecule has 0 radical (unpaired) electrons. The molecule has 1 aromatic carbocycles. The number of hydrogen-bond donors (Lipinski definition) is 1. The van der Waals surface area contributed by atoms with Crippen molar-refractivity contribution in [2.75, 3.05) is 13.1 Å². The highest BCUT2D eigenvalue weighted by molar-refractivity contribution is 5.20. The van der Waals surface area contributed by atoms with Crippen molar-refractivity contribution in [2.24, 2.45) is 0 Å². The van der Waals surface area contributed by atoms with Crippen LogP contribution in [0.25, 0.3) is 0 Å². The fraction of sp³-hybridized carbons (Fsp3) is 0.667. The summed E-state index contributed by atoms with van der Waals surface area (Å²) in [6, 6.07) is 11.0. The number of benzene rings is 1. The Balaban J connectivity index is 1.43. The third-order valence-corrected chi connectivity index (χ3v) is 5.08. The van der Waals surface area contributed by atoms with Crippen molar-refractivity contribution in [1.82, 2.24) is 4.90 Å². The molecule has 3 aliphatic rings. The zero-order valence-corrected chi connectivity index (χ0v) is 13.7. The molecule has 1 aromatic rings. The average Bonchev–Trinajstić information content (AvgIpc) is 3.17. The zero-order valence-electron chi connectivity index (χ0n) is 13.7. The number of rotatable bonds is 3. The number of nitrogens with zero attached hydrogens (tertiary/aromatic N) is 1. The van der Waals surface area contributed by atoms with Crippen molar-refractivity contribution in [2.45, 2.75) is 63.1 Å². The van der Waals surface area contributed by atoms with Crippen molar-refractivity contribution in [3.63, 3.8) is 0 Å². The summed E-state index contributed by atoms with van der Waals surface area (Å²) < 4.78 is 17.4. The van der Waals surface area contributed by atoms with Gasteiger partial charge in [0.25, 0.3) is 0 Å². The molecule has 3 saturated heterocycles. The number of fused-ring (bicyclic) bond motifs is 1. The largest absolute Gasteiger partial charge is 0.387 e. The second-order valence-corrected chi connectivity index (χ2v) is 7.20. The zero-order chi connectivity index (χ0) is 16.0. The monoisotopic (exact) mass is 319 g/mol. The Bertz CT molecular complexity index is 549. The summed E-state index contributed by atoms with van der Waals surface area (Å²) in [6.07, 6.45) is 0.592. The van der Waals surface area contributed by atoms with E-state index in [0.717, 1.165) is 13.0 Å². The van der Waals surface area contributed by atoms with E-state index < -0.39 is 18.2 Å². The predicted molar refractivity (Wildman–Crippen MR) is 84.7 cm³/mol. The van der Waals surface area contributed by atoms with E-state index in [2.05, 4.69) is 29.2 Å². The lowest BCUT2D eigenvalue weighted by molar-refractivity contribution is -0.216. The minimum Gasteiger partial charge on any atom is -0.387 e. The maximum atomic E-state index is 10.6. The van der Waals surface area contributed by atoms with E-state index in [4.69, 9.17) is 14.2 Å². The fourth-order valence-corrected chi connectivity index (χ4v) is 4.04. The van der Waals surface area contributed by atoms with Gasteiger partial charge in [0, 0.05) is 12.6 Å². The summed E-state index contributed by atoms with van der Waals surface area (Å²) >= 11 is 0. The summed E-state index contributed by atoms with van der Waals surface area (Å²) in [4.78, 5) is 2.41. The fourth-order valence-electron chi connectivity index (χ4n) is 4.04. The van der Waals surface area contributed by atoms with Crippen molar-refractivity contribution < 1.29 is 19.3 Å². The number of likely N-dealkylation sites (tertiary alicyclic amines) is 1. The van der Waals surface area contributed by atoms with Crippen molar-refractivity contribution in [1.29, 1.82) is 0 Å². The van der Waals surface area contributed by atoms with Crippen molar-refractivity contribution in [3.8, 4) is 0 Å². The lowest BCUT2D eigenvalue weighted by Gasteiger charge is -2.30. The lowest BCUT2D eigenvalue weighted by atomic mass is 10.0. The van der Waals surface area contributed by atoms with Gasteiger partial charge in [0.2, 0.25) is 0 Å². The normalized spacial score (nSPS) is 39.7. The molecule has 5 atom stereocenters. The van der Waals surface area contributed by atoms with Gasteiger partial charge in [-0.15, -0.1) is 0 Å². The van der Waals surface area contributed by atoms with Gasteiger partial charge in [-0.25, -0.2) is 0 Å². The van der Waals surface area contributed by atoms with Crippen molar-refractivity contribution in [3.05, 3.63) is 35.9 Å². The molecule has 3 fully saturated rings. The van der Waals surface area contributed by atoms with Crippen LogP contribution in [0.5, 0.6) is 0 Å². The van der Waals surface area contributed by atoms with Crippen LogP contribution in [0, 0.1) is 0 Å². The topological polar surface area (TPSA) is 51.2 Å². The molecule has 0 saturated carbocycles. The SMILES string of the molecule is CC1(C)OC2[C@H](O[C@H](CN3CCC[C@@H]3c3ccccc3)[C@H]2O)O1. The van der Waals surface area contributed by atoms with Gasteiger partial charge >= 0.3 is 0 Å². The molecule has 1 N–H and O–H groups in total. The molecule has 0 bridgehead atoms. The van der Waals surface area contributed by atoms with Gasteiger partial charge in [-0.2, -0.15) is 0 Å². The third-order valence-electron chi connectivity index (χ3n) is 5.08. The molecule has 0 aliphatic carbocycles. The van der Waals surface area contributed by atoms with E-state index in [1.807, 2.05) is 19.9 Å². The Morgan fingerprint density at radius 1 is 1.22 bits per heavy atom. The van der Waals surface area contributed by atoms with Gasteiger partial charge in [0.15, 0.2) is 12.1 Å². The first-order valence-corrected chi connectivity index (χ1v) is 8.52. The summed E-state index contributed by atoms with van der Waals surface area (Å²) in [7, 11) is 0. The first-order valence-electron chi connectivity index (χ1n) is 8.52. The molecular formula is C18H25NO4. The Hall–Kier alpha value is -0.980. The van der Waals surface area contributed by atoms with Gasteiger partial charge in [-0.05, 0) is 38.8 Å². The predicted octanol–water partition coefficient (Wildman–Crippen LogP) is 2.06. The molecule has 1 unspecified atom stereocenters. The van der Waals surface area contributed by atoms with E-state index in [-0.39, 0.29) is 12.2 Å². The second-order valence-electron chi connectivity index (χ2n) is 7.20. The standard InChI is InChI=1S/C18H25NO4/c1-18(2)22-16-15(20)14(21-17(16)23-18)11-19-10-6-9-13(19)12-7-4-3-5-8-12/h3-5,7-8,13-17,20H,6,9-11H2,1-2H3/t13-,14-,15-,16?,17-/m1/s1. The van der Waals surface area contributed by atoms with E-state index in [9.17, 15) is 5.11 Å². The van der Waals surface area contributed by atoms with Crippen LogP contribution in [0.2, 0.25) is 0 Å². The summed E-state index contributed by atoms with van der Waals surface area (Å²) in [5.74, 6) is -0.679. The van der Waals surface area contributed by atoms with Crippen LogP contribution in [-0.4, -0.2) is 53.5 Å². The summed E-state index contributed by atoms with van der Waals surface area (Å²) in [5, 5.41) is 10.6. The van der Waals surface area contributed by atoms with Gasteiger partial charge in [0.1, 0.15) is 18.3 Å². The van der Waals surface area contributed by atoms with E-state index in [1.54, 1.807) is 0 Å². The maximum absolute atomic E-state index is 10.6. The summed E-state index contributed by atoms with van der Waals surface area (Å²) in [6.45, 7) is 5.44. The Morgan fingerprint density at radius 3 is 2.74 bits per heavy atom. The van der Waals surface area contributed by atoms with Crippen molar-refractivity contribution >= 4 is 0 Å². The first-order chi connectivity index (χ1) is 11.0. The number of aliphatic hydroxyl groups excluding tert-OH is 1. The van der Waals surface area contributed by atoms with Gasteiger partial charge in [-0.3, -0.25) is 4.90 Å². The lowest BCUT2D eigenvalue weighted by Crippen LogP contribution is -2.41. The Morgan fingerprint density at radius 2 is 2.00 bits per heavy atom. The number of hydrogen-bond acceptors (Lipinski definition) is 5. The molecule has 0 spiro atoms. The smallest absolute Gasteiger partial charge is 0.190 e. The Kier molecular flexibility index (Phi) is 3.94. The molecule has 5 heteroatoms. The minimum atomic E-state index is -0.679. The highest BCUT2D eigenvalue weighted by Gasteiger charge is 2.54. The molecule has 126 valence electrons. The molecule has 23 heavy (non-hydrogen) atoms. The molecule has 5 nitrogen and oxygen atoms in total. The van der Waals surface area contributed by atoms with Crippen LogP contribution in [0.15, 0.2) is 30.3 Å².